The van der Waals surface area contributed by atoms with Gasteiger partial charge in [0.25, 0.3) is 10.0 Å². The van der Waals surface area contributed by atoms with E-state index in [4.69, 9.17) is 9.15 Å². The molecule has 29 heavy (non-hydrogen) atoms. The number of nitrogens with zero attached hydrogens (tertiary/aromatic N) is 1. The standard InChI is InChI=1S/C21H22N2O5S/c1-16-13-19(10-11-20(16)27-2)29(25,26)23(17-7-4-3-5-8-17)15-21(24)22-14-18-9-6-12-28-18/h3-13H,14-15H2,1-2H3,(H,22,24). The van der Waals surface area contributed by atoms with E-state index in [1.165, 1.54) is 25.5 Å². The molecular formula is C21H22N2O5S. The van der Waals surface area contributed by atoms with Crippen LogP contribution in [0.5, 0.6) is 5.75 Å². The number of furan rings is 1. The third kappa shape index (κ3) is 4.78. The molecule has 8 heteroatoms. The van der Waals surface area contributed by atoms with Gasteiger partial charge in [-0.25, -0.2) is 8.42 Å². The molecule has 152 valence electrons. The van der Waals surface area contributed by atoms with E-state index in [0.29, 0.717) is 22.8 Å². The summed E-state index contributed by atoms with van der Waals surface area (Å²) in [4.78, 5) is 12.6. The molecule has 1 amide bonds. The zero-order valence-corrected chi connectivity index (χ0v) is 17.0. The van der Waals surface area contributed by atoms with Gasteiger partial charge in [0, 0.05) is 0 Å². The Morgan fingerprint density at radius 1 is 1.10 bits per heavy atom. The topological polar surface area (TPSA) is 88.9 Å². The van der Waals surface area contributed by atoms with E-state index in [9.17, 15) is 13.2 Å². The lowest BCUT2D eigenvalue weighted by Gasteiger charge is -2.24. The Bertz CT molecular complexity index is 1060. The fourth-order valence-corrected chi connectivity index (χ4v) is 4.34. The first-order valence-corrected chi connectivity index (χ1v) is 10.4. The summed E-state index contributed by atoms with van der Waals surface area (Å²) in [5, 5.41) is 2.68. The maximum Gasteiger partial charge on any atom is 0.264 e. The quantitative estimate of drug-likeness (QED) is 0.612. The van der Waals surface area contributed by atoms with E-state index >= 15 is 0 Å². The van der Waals surface area contributed by atoms with Crippen LogP contribution in [0.4, 0.5) is 5.69 Å². The highest BCUT2D eigenvalue weighted by atomic mass is 32.2. The number of hydrogen-bond donors (Lipinski definition) is 1. The van der Waals surface area contributed by atoms with Crippen molar-refractivity contribution in [2.75, 3.05) is 18.0 Å². The summed E-state index contributed by atoms with van der Waals surface area (Å²) in [6, 6.07) is 16.6. The van der Waals surface area contributed by atoms with Crippen molar-refractivity contribution in [1.82, 2.24) is 5.32 Å². The van der Waals surface area contributed by atoms with Crippen LogP contribution in [0.1, 0.15) is 11.3 Å². The third-order valence-electron chi connectivity index (χ3n) is 4.33. The van der Waals surface area contributed by atoms with Crippen molar-refractivity contribution < 1.29 is 22.4 Å². The first-order chi connectivity index (χ1) is 13.9. The molecular weight excluding hydrogens is 392 g/mol. The molecule has 0 saturated carbocycles. The van der Waals surface area contributed by atoms with Crippen LogP contribution >= 0.6 is 0 Å². The van der Waals surface area contributed by atoms with Gasteiger partial charge in [-0.1, -0.05) is 18.2 Å². The molecule has 1 aromatic heterocycles. The lowest BCUT2D eigenvalue weighted by Crippen LogP contribution is -2.40. The van der Waals surface area contributed by atoms with Crippen LogP contribution in [0.25, 0.3) is 0 Å². The van der Waals surface area contributed by atoms with Gasteiger partial charge in [0.2, 0.25) is 5.91 Å². The third-order valence-corrected chi connectivity index (χ3v) is 6.10. The van der Waals surface area contributed by atoms with Gasteiger partial charge in [-0.05, 0) is 55.0 Å². The minimum absolute atomic E-state index is 0.0819. The zero-order chi connectivity index (χ0) is 20.9. The highest BCUT2D eigenvalue weighted by Crippen LogP contribution is 2.27. The molecule has 0 bridgehead atoms. The Balaban J connectivity index is 1.88. The summed E-state index contributed by atoms with van der Waals surface area (Å²) >= 11 is 0. The number of anilines is 1. The molecule has 0 unspecified atom stereocenters. The number of sulfonamides is 1. The van der Waals surface area contributed by atoms with E-state index < -0.39 is 15.9 Å². The normalized spacial score (nSPS) is 11.1. The Labute approximate surface area is 170 Å². The van der Waals surface area contributed by atoms with Crippen LogP contribution in [0.2, 0.25) is 0 Å². The average molecular weight is 414 g/mol. The smallest absolute Gasteiger partial charge is 0.264 e. The molecule has 7 nitrogen and oxygen atoms in total. The van der Waals surface area contributed by atoms with E-state index in [0.717, 1.165) is 4.31 Å². The molecule has 0 aliphatic carbocycles. The molecule has 3 rings (SSSR count). The van der Waals surface area contributed by atoms with Crippen LogP contribution in [0.3, 0.4) is 0 Å². The van der Waals surface area contributed by atoms with E-state index in [2.05, 4.69) is 5.32 Å². The minimum atomic E-state index is -3.98. The van der Waals surface area contributed by atoms with Gasteiger partial charge in [-0.2, -0.15) is 0 Å². The fourth-order valence-electron chi connectivity index (χ4n) is 2.83. The molecule has 2 aromatic carbocycles. The minimum Gasteiger partial charge on any atom is -0.496 e. The Morgan fingerprint density at radius 2 is 1.86 bits per heavy atom. The number of hydrogen-bond acceptors (Lipinski definition) is 5. The number of para-hydroxylation sites is 1. The fraction of sp³-hybridized carbons (Fsp3) is 0.190. The first kappa shape index (κ1) is 20.5. The second kappa shape index (κ2) is 8.83. The number of rotatable bonds is 8. The van der Waals surface area contributed by atoms with Crippen molar-refractivity contribution in [2.24, 2.45) is 0 Å². The monoisotopic (exact) mass is 414 g/mol. The molecule has 0 saturated heterocycles. The average Bonchev–Trinajstić information content (AvgIpc) is 3.24. The lowest BCUT2D eigenvalue weighted by molar-refractivity contribution is -0.119. The van der Waals surface area contributed by atoms with Gasteiger partial charge in [-0.3, -0.25) is 9.10 Å². The van der Waals surface area contributed by atoms with Crippen LogP contribution < -0.4 is 14.4 Å². The Kier molecular flexibility index (Phi) is 6.23. The summed E-state index contributed by atoms with van der Waals surface area (Å²) in [5.74, 6) is 0.726. The van der Waals surface area contributed by atoms with Crippen molar-refractivity contribution in [1.29, 1.82) is 0 Å². The second-order valence-corrected chi connectivity index (χ2v) is 8.20. The van der Waals surface area contributed by atoms with Crippen molar-refractivity contribution in [2.45, 2.75) is 18.4 Å². The Morgan fingerprint density at radius 3 is 2.48 bits per heavy atom. The van der Waals surface area contributed by atoms with Gasteiger partial charge in [-0.15, -0.1) is 0 Å². The van der Waals surface area contributed by atoms with E-state index in [-0.39, 0.29) is 18.0 Å². The van der Waals surface area contributed by atoms with Gasteiger partial charge in [0.1, 0.15) is 18.1 Å². The largest absolute Gasteiger partial charge is 0.496 e. The maximum atomic E-state index is 13.3. The summed E-state index contributed by atoms with van der Waals surface area (Å²) < 4.78 is 38.2. The molecule has 0 aliphatic heterocycles. The number of amides is 1. The molecule has 3 aromatic rings. The van der Waals surface area contributed by atoms with Gasteiger partial charge in [0.05, 0.1) is 30.5 Å². The molecule has 0 fully saturated rings. The molecule has 1 N–H and O–H groups in total. The van der Waals surface area contributed by atoms with Crippen molar-refractivity contribution in [3.63, 3.8) is 0 Å². The Hall–Kier alpha value is -3.26. The van der Waals surface area contributed by atoms with E-state index in [1.54, 1.807) is 55.5 Å². The van der Waals surface area contributed by atoms with Gasteiger partial charge < -0.3 is 14.5 Å². The number of aryl methyl sites for hydroxylation is 1. The molecule has 1 heterocycles. The van der Waals surface area contributed by atoms with Crippen LogP contribution in [-0.4, -0.2) is 28.0 Å². The number of carbonyl (C=O) groups is 1. The lowest BCUT2D eigenvalue weighted by atomic mass is 10.2. The van der Waals surface area contributed by atoms with E-state index in [1.807, 2.05) is 0 Å². The number of benzene rings is 2. The van der Waals surface area contributed by atoms with Crippen LogP contribution in [0.15, 0.2) is 76.2 Å². The summed E-state index contributed by atoms with van der Waals surface area (Å²) in [6.07, 6.45) is 1.51. The molecule has 0 spiro atoms. The zero-order valence-electron chi connectivity index (χ0n) is 16.2. The second-order valence-electron chi connectivity index (χ2n) is 6.33. The number of carbonyl (C=O) groups excluding carboxylic acids is 1. The summed E-state index contributed by atoms with van der Waals surface area (Å²) in [5.41, 5.74) is 1.08. The highest BCUT2D eigenvalue weighted by Gasteiger charge is 2.27. The molecule has 0 aliphatic rings. The number of nitrogens with one attached hydrogen (secondary N) is 1. The molecule has 0 atom stereocenters. The number of methoxy groups -OCH3 is 1. The maximum absolute atomic E-state index is 13.3. The predicted octanol–water partition coefficient (Wildman–Crippen LogP) is 3.11. The summed E-state index contributed by atoms with van der Waals surface area (Å²) in [7, 11) is -2.45. The van der Waals surface area contributed by atoms with Crippen molar-refractivity contribution in [3.05, 3.63) is 78.3 Å². The van der Waals surface area contributed by atoms with Gasteiger partial charge in [0.15, 0.2) is 0 Å². The van der Waals surface area contributed by atoms with Crippen LogP contribution in [0, 0.1) is 6.92 Å². The number of ether oxygens (including phenoxy) is 1. The van der Waals surface area contributed by atoms with Crippen molar-refractivity contribution >= 4 is 21.6 Å². The molecule has 0 radical (unpaired) electrons. The van der Waals surface area contributed by atoms with Gasteiger partial charge >= 0.3 is 0 Å². The van der Waals surface area contributed by atoms with Crippen molar-refractivity contribution in [3.8, 4) is 5.75 Å². The SMILES string of the molecule is COc1ccc(S(=O)(=O)N(CC(=O)NCc2ccco2)c2ccccc2)cc1C. The first-order valence-electron chi connectivity index (χ1n) is 8.93. The predicted molar refractivity (Wildman–Crippen MR) is 109 cm³/mol. The highest BCUT2D eigenvalue weighted by molar-refractivity contribution is 7.92. The van der Waals surface area contributed by atoms with Crippen LogP contribution in [-0.2, 0) is 21.4 Å². The summed E-state index contributed by atoms with van der Waals surface area (Å²) in [6.45, 7) is 1.58.